The van der Waals surface area contributed by atoms with Crippen LogP contribution in [0.4, 0.5) is 30.4 Å². The highest BCUT2D eigenvalue weighted by atomic mass is 19.4. The van der Waals surface area contributed by atoms with Crippen LogP contribution in [0.3, 0.4) is 0 Å². The molecule has 0 spiro atoms. The van der Waals surface area contributed by atoms with Crippen molar-refractivity contribution in [1.29, 1.82) is 0 Å². The molecule has 10 heteroatoms. The second kappa shape index (κ2) is 8.02. The van der Waals surface area contributed by atoms with Crippen molar-refractivity contribution in [3.05, 3.63) is 47.4 Å². The Kier molecular flexibility index (Phi) is 5.60. The highest BCUT2D eigenvalue weighted by Gasteiger charge is 2.40. The molecule has 1 aliphatic heterocycles. The first-order valence-electron chi connectivity index (χ1n) is 10.7. The quantitative estimate of drug-likeness (QED) is 0.590. The maximum absolute atomic E-state index is 13.2. The van der Waals surface area contributed by atoms with E-state index in [9.17, 15) is 13.2 Å². The van der Waals surface area contributed by atoms with Gasteiger partial charge in [-0.15, -0.1) is 5.10 Å². The molecule has 1 aliphatic rings. The van der Waals surface area contributed by atoms with Gasteiger partial charge in [-0.2, -0.15) is 18.3 Å². The summed E-state index contributed by atoms with van der Waals surface area (Å²) in [6.07, 6.45) is -4.58. The third-order valence-corrected chi connectivity index (χ3v) is 6.41. The van der Waals surface area contributed by atoms with Crippen molar-refractivity contribution >= 4 is 28.0 Å². The van der Waals surface area contributed by atoms with Crippen LogP contribution in [0.15, 0.2) is 30.3 Å². The number of hydrogen-bond donors (Lipinski definition) is 2. The predicted octanol–water partition coefficient (Wildman–Crippen LogP) is 4.25. The van der Waals surface area contributed by atoms with Crippen molar-refractivity contribution in [1.82, 2.24) is 20.1 Å². The van der Waals surface area contributed by atoms with Gasteiger partial charge in [0.15, 0.2) is 5.82 Å². The number of fused-ring (bicyclic) bond motifs is 1. The SMILES string of the molecule is Cc1nnc(N[C@H](C)c2cc(N)cc(C(F)(F)F)n2)c2cc(N3CC(C)(N(C)C)C3)ccc12. The molecule has 0 radical (unpaired) electrons. The van der Waals surface area contributed by atoms with Crippen molar-refractivity contribution in [2.75, 3.05) is 43.1 Å². The monoisotopic (exact) mass is 459 g/mol. The molecule has 1 saturated heterocycles. The van der Waals surface area contributed by atoms with E-state index in [1.807, 2.05) is 13.0 Å². The highest BCUT2D eigenvalue weighted by molar-refractivity contribution is 5.95. The molecule has 2 aromatic heterocycles. The number of benzene rings is 1. The van der Waals surface area contributed by atoms with Gasteiger partial charge in [-0.25, -0.2) is 4.98 Å². The summed E-state index contributed by atoms with van der Waals surface area (Å²) in [5.74, 6) is 0.485. The third-order valence-electron chi connectivity index (χ3n) is 6.41. The van der Waals surface area contributed by atoms with E-state index in [4.69, 9.17) is 5.73 Å². The minimum Gasteiger partial charge on any atom is -0.399 e. The highest BCUT2D eigenvalue weighted by Crippen LogP contribution is 2.35. The molecule has 33 heavy (non-hydrogen) atoms. The average molecular weight is 460 g/mol. The number of aryl methyl sites for hydroxylation is 1. The number of aromatic nitrogens is 3. The summed E-state index contributed by atoms with van der Waals surface area (Å²) in [5, 5.41) is 13.5. The van der Waals surface area contributed by atoms with Crippen molar-refractivity contribution in [3.8, 4) is 0 Å². The topological polar surface area (TPSA) is 83.2 Å². The van der Waals surface area contributed by atoms with Crippen LogP contribution in [0.5, 0.6) is 0 Å². The molecule has 0 amide bonds. The summed E-state index contributed by atoms with van der Waals surface area (Å²) < 4.78 is 39.6. The number of anilines is 3. The van der Waals surface area contributed by atoms with Gasteiger partial charge in [0.1, 0.15) is 5.69 Å². The lowest BCUT2D eigenvalue weighted by molar-refractivity contribution is -0.141. The van der Waals surface area contributed by atoms with E-state index in [2.05, 4.69) is 63.4 Å². The number of alkyl halides is 3. The lowest BCUT2D eigenvalue weighted by atomic mass is 9.90. The summed E-state index contributed by atoms with van der Waals surface area (Å²) >= 11 is 0. The Labute approximate surface area is 190 Å². The molecule has 4 rings (SSSR count). The standard InChI is InChI=1S/C23H28F3N7/c1-13-17-7-6-16(33-11-22(3,12-33)32(4)5)10-18(17)21(31-30-13)28-14(2)19-8-15(27)9-20(29-19)23(24,25)26/h6-10,14H,11-12H2,1-5H3,(H2,27,29)(H,28,31)/t14-/m1/s1. The van der Waals surface area contributed by atoms with Crippen LogP contribution in [-0.4, -0.2) is 52.8 Å². The fourth-order valence-electron chi connectivity index (χ4n) is 4.04. The second-order valence-corrected chi connectivity index (χ2v) is 9.19. The van der Waals surface area contributed by atoms with Gasteiger partial charge in [-0.3, -0.25) is 0 Å². The molecule has 0 aliphatic carbocycles. The van der Waals surface area contributed by atoms with Gasteiger partial charge < -0.3 is 20.9 Å². The maximum Gasteiger partial charge on any atom is 0.433 e. The zero-order chi connectivity index (χ0) is 24.1. The fourth-order valence-corrected chi connectivity index (χ4v) is 4.04. The predicted molar refractivity (Wildman–Crippen MR) is 124 cm³/mol. The lowest BCUT2D eigenvalue weighted by Gasteiger charge is -2.53. The van der Waals surface area contributed by atoms with Crippen LogP contribution in [-0.2, 0) is 6.18 Å². The Morgan fingerprint density at radius 2 is 1.82 bits per heavy atom. The average Bonchev–Trinajstić information content (AvgIpc) is 2.72. The maximum atomic E-state index is 13.2. The van der Waals surface area contributed by atoms with Crippen LogP contribution >= 0.6 is 0 Å². The molecule has 3 heterocycles. The Hall–Kier alpha value is -3.14. The van der Waals surface area contributed by atoms with Gasteiger partial charge in [0, 0.05) is 35.2 Å². The molecular weight excluding hydrogens is 431 g/mol. The largest absolute Gasteiger partial charge is 0.433 e. The van der Waals surface area contributed by atoms with Crippen molar-refractivity contribution in [3.63, 3.8) is 0 Å². The molecule has 3 N–H and O–H groups in total. The Bertz CT molecular complexity index is 1190. The zero-order valence-electron chi connectivity index (χ0n) is 19.3. The second-order valence-electron chi connectivity index (χ2n) is 9.19. The van der Waals surface area contributed by atoms with E-state index < -0.39 is 17.9 Å². The number of likely N-dealkylation sites (N-methyl/N-ethyl adjacent to an activating group) is 1. The van der Waals surface area contributed by atoms with Crippen LogP contribution in [0.25, 0.3) is 10.8 Å². The van der Waals surface area contributed by atoms with Crippen LogP contribution < -0.4 is 16.0 Å². The van der Waals surface area contributed by atoms with Gasteiger partial charge >= 0.3 is 6.18 Å². The first-order valence-corrected chi connectivity index (χ1v) is 10.7. The number of nitrogens with one attached hydrogen (secondary N) is 1. The number of hydrogen-bond acceptors (Lipinski definition) is 7. The van der Waals surface area contributed by atoms with E-state index in [1.54, 1.807) is 6.92 Å². The number of nitrogen functional groups attached to an aromatic ring is 1. The van der Waals surface area contributed by atoms with Crippen LogP contribution in [0.2, 0.25) is 0 Å². The lowest BCUT2D eigenvalue weighted by Crippen LogP contribution is -2.67. The molecule has 0 unspecified atom stereocenters. The Morgan fingerprint density at radius 3 is 2.45 bits per heavy atom. The van der Waals surface area contributed by atoms with E-state index in [0.717, 1.165) is 41.3 Å². The van der Waals surface area contributed by atoms with Crippen molar-refractivity contribution in [2.45, 2.75) is 38.5 Å². The Morgan fingerprint density at radius 1 is 1.12 bits per heavy atom. The smallest absolute Gasteiger partial charge is 0.399 e. The third kappa shape index (κ3) is 4.39. The van der Waals surface area contributed by atoms with Gasteiger partial charge in [0.2, 0.25) is 0 Å². The minimum absolute atomic E-state index is 0.00448. The van der Waals surface area contributed by atoms with E-state index in [0.29, 0.717) is 5.82 Å². The van der Waals surface area contributed by atoms with Gasteiger partial charge in [-0.1, -0.05) is 6.07 Å². The molecule has 0 bridgehead atoms. The van der Waals surface area contributed by atoms with E-state index in [-0.39, 0.29) is 16.9 Å². The fraction of sp³-hybridized carbons (Fsp3) is 0.435. The summed E-state index contributed by atoms with van der Waals surface area (Å²) in [7, 11) is 4.16. The number of nitrogens with two attached hydrogens (primary N) is 1. The van der Waals surface area contributed by atoms with Gasteiger partial charge in [0.05, 0.1) is 23.0 Å². The first kappa shape index (κ1) is 23.0. The zero-order valence-corrected chi connectivity index (χ0v) is 19.3. The molecule has 1 aromatic carbocycles. The summed E-state index contributed by atoms with van der Waals surface area (Å²) in [6.45, 7) is 7.62. The summed E-state index contributed by atoms with van der Waals surface area (Å²) in [5.41, 5.74) is 6.83. The summed E-state index contributed by atoms with van der Waals surface area (Å²) in [6, 6.07) is 7.82. The summed E-state index contributed by atoms with van der Waals surface area (Å²) in [4.78, 5) is 8.28. The molecule has 1 atom stereocenters. The number of halogens is 3. The van der Waals surface area contributed by atoms with Crippen LogP contribution in [0, 0.1) is 6.92 Å². The van der Waals surface area contributed by atoms with Crippen LogP contribution in [0.1, 0.15) is 37.0 Å². The van der Waals surface area contributed by atoms with E-state index in [1.165, 1.54) is 6.07 Å². The molecular formula is C23H28F3N7. The molecule has 7 nitrogen and oxygen atoms in total. The van der Waals surface area contributed by atoms with E-state index >= 15 is 0 Å². The number of pyridine rings is 1. The van der Waals surface area contributed by atoms with Gasteiger partial charge in [0.25, 0.3) is 0 Å². The number of nitrogens with zero attached hydrogens (tertiary/aromatic N) is 5. The van der Waals surface area contributed by atoms with Gasteiger partial charge in [-0.05, 0) is 59.1 Å². The Balaban J connectivity index is 1.66. The minimum atomic E-state index is -4.58. The molecule has 1 fully saturated rings. The molecule has 3 aromatic rings. The normalized spacial score (nSPS) is 16.7. The van der Waals surface area contributed by atoms with Crippen molar-refractivity contribution in [2.24, 2.45) is 0 Å². The first-order chi connectivity index (χ1) is 15.4. The van der Waals surface area contributed by atoms with Crippen molar-refractivity contribution < 1.29 is 13.2 Å². The molecule has 0 saturated carbocycles. The number of rotatable bonds is 5. The molecule has 176 valence electrons.